The van der Waals surface area contributed by atoms with Crippen LogP contribution < -0.4 is 0 Å². The van der Waals surface area contributed by atoms with Gasteiger partial charge >= 0.3 is 0 Å². The highest BCUT2D eigenvalue weighted by molar-refractivity contribution is 5.97. The van der Waals surface area contributed by atoms with Crippen LogP contribution in [0.2, 0.25) is 0 Å². The molecule has 2 atom stereocenters. The molecule has 1 aromatic carbocycles. The lowest BCUT2D eigenvalue weighted by Crippen LogP contribution is -2.16. The van der Waals surface area contributed by atoms with E-state index in [1.807, 2.05) is 25.1 Å². The van der Waals surface area contributed by atoms with Gasteiger partial charge < -0.3 is 5.11 Å². The maximum absolute atomic E-state index is 11.8. The molecule has 0 fully saturated rings. The molecule has 0 spiro atoms. The molecule has 2 nitrogen and oxygen atoms in total. The number of hydrogen-bond acceptors (Lipinski definition) is 2. The van der Waals surface area contributed by atoms with Crippen molar-refractivity contribution in [2.45, 2.75) is 26.4 Å². The third kappa shape index (κ3) is 2.96. The monoisotopic (exact) mass is 192 g/mol. The van der Waals surface area contributed by atoms with E-state index in [-0.39, 0.29) is 11.7 Å². The van der Waals surface area contributed by atoms with Crippen LogP contribution in [0.4, 0.5) is 0 Å². The van der Waals surface area contributed by atoms with E-state index in [9.17, 15) is 4.79 Å². The Morgan fingerprint density at radius 3 is 2.36 bits per heavy atom. The molecule has 76 valence electrons. The number of carbonyl (C=O) groups excluding carboxylic acids is 1. The van der Waals surface area contributed by atoms with E-state index in [2.05, 4.69) is 0 Å². The van der Waals surface area contributed by atoms with Gasteiger partial charge in [-0.05, 0) is 13.3 Å². The third-order valence-electron chi connectivity index (χ3n) is 2.20. The number of hydrogen-bond donors (Lipinski definition) is 1. The minimum Gasteiger partial charge on any atom is -0.393 e. The maximum atomic E-state index is 11.8. The largest absolute Gasteiger partial charge is 0.393 e. The topological polar surface area (TPSA) is 37.3 Å². The molecule has 1 rings (SSSR count). The van der Waals surface area contributed by atoms with Crippen LogP contribution in [0.1, 0.15) is 30.6 Å². The summed E-state index contributed by atoms with van der Waals surface area (Å²) in [6.07, 6.45) is 0.103. The van der Waals surface area contributed by atoms with E-state index in [0.717, 1.165) is 5.56 Å². The number of rotatable bonds is 4. The van der Waals surface area contributed by atoms with Crippen LogP contribution in [0, 0.1) is 5.92 Å². The van der Waals surface area contributed by atoms with Gasteiger partial charge in [0.25, 0.3) is 0 Å². The highest BCUT2D eigenvalue weighted by Gasteiger charge is 2.16. The van der Waals surface area contributed by atoms with Crippen LogP contribution in [0.5, 0.6) is 0 Å². The van der Waals surface area contributed by atoms with Crippen LogP contribution in [0.15, 0.2) is 30.3 Å². The first kappa shape index (κ1) is 10.9. The van der Waals surface area contributed by atoms with Crippen molar-refractivity contribution in [3.63, 3.8) is 0 Å². The molecule has 0 aliphatic carbocycles. The second kappa shape index (κ2) is 4.91. The smallest absolute Gasteiger partial charge is 0.165 e. The minimum absolute atomic E-state index is 0.103. The van der Waals surface area contributed by atoms with Crippen molar-refractivity contribution in [2.75, 3.05) is 0 Å². The highest BCUT2D eigenvalue weighted by atomic mass is 16.3. The van der Waals surface area contributed by atoms with Crippen molar-refractivity contribution in [2.24, 2.45) is 5.92 Å². The Kier molecular flexibility index (Phi) is 3.84. The van der Waals surface area contributed by atoms with Crippen molar-refractivity contribution in [3.8, 4) is 0 Å². The van der Waals surface area contributed by atoms with E-state index >= 15 is 0 Å². The van der Waals surface area contributed by atoms with Gasteiger partial charge in [-0.25, -0.2) is 0 Å². The Morgan fingerprint density at radius 2 is 1.86 bits per heavy atom. The van der Waals surface area contributed by atoms with Crippen molar-refractivity contribution in [3.05, 3.63) is 35.9 Å². The summed E-state index contributed by atoms with van der Waals surface area (Å²) in [4.78, 5) is 11.8. The second-order valence-corrected chi connectivity index (χ2v) is 3.72. The van der Waals surface area contributed by atoms with Gasteiger partial charge in [0.15, 0.2) is 5.78 Å². The second-order valence-electron chi connectivity index (χ2n) is 3.72. The molecule has 0 amide bonds. The lowest BCUT2D eigenvalue weighted by molar-refractivity contribution is 0.0868. The lowest BCUT2D eigenvalue weighted by atomic mass is 9.94. The zero-order chi connectivity index (χ0) is 10.6. The van der Waals surface area contributed by atoms with E-state index in [0.29, 0.717) is 6.42 Å². The van der Waals surface area contributed by atoms with Crippen molar-refractivity contribution in [1.82, 2.24) is 0 Å². The molecule has 0 radical (unpaired) electrons. The molecule has 0 aliphatic heterocycles. The van der Waals surface area contributed by atoms with Crippen LogP contribution in [0.3, 0.4) is 0 Å². The number of ketones is 1. The number of aliphatic hydroxyl groups is 1. The molecule has 14 heavy (non-hydrogen) atoms. The number of aliphatic hydroxyl groups excluding tert-OH is 1. The Bertz CT molecular complexity index is 290. The Balaban J connectivity index is 2.66. The summed E-state index contributed by atoms with van der Waals surface area (Å²) in [6, 6.07) is 9.20. The van der Waals surface area contributed by atoms with Gasteiger partial charge in [0, 0.05) is 11.5 Å². The molecule has 0 aromatic heterocycles. The fourth-order valence-electron chi connectivity index (χ4n) is 1.51. The predicted molar refractivity (Wildman–Crippen MR) is 56.2 cm³/mol. The summed E-state index contributed by atoms with van der Waals surface area (Å²) in [6.45, 7) is 3.55. The predicted octanol–water partition coefficient (Wildman–Crippen LogP) is 2.28. The van der Waals surface area contributed by atoms with Crippen LogP contribution in [0.25, 0.3) is 0 Å². The first-order valence-electron chi connectivity index (χ1n) is 4.88. The van der Waals surface area contributed by atoms with E-state index in [4.69, 9.17) is 5.11 Å². The molecule has 0 saturated carbocycles. The van der Waals surface area contributed by atoms with Crippen LogP contribution >= 0.6 is 0 Å². The molecular weight excluding hydrogens is 176 g/mol. The van der Waals surface area contributed by atoms with Gasteiger partial charge in [-0.3, -0.25) is 4.79 Å². The van der Waals surface area contributed by atoms with E-state index < -0.39 is 6.10 Å². The minimum atomic E-state index is -0.419. The first-order valence-corrected chi connectivity index (χ1v) is 4.88. The summed E-state index contributed by atoms with van der Waals surface area (Å²) in [5.74, 6) is -0.0103. The summed E-state index contributed by atoms with van der Waals surface area (Å²) in [7, 11) is 0. The fourth-order valence-corrected chi connectivity index (χ4v) is 1.51. The average molecular weight is 192 g/mol. The first-order chi connectivity index (χ1) is 6.61. The van der Waals surface area contributed by atoms with E-state index in [1.54, 1.807) is 19.1 Å². The van der Waals surface area contributed by atoms with Gasteiger partial charge in [0.05, 0.1) is 6.10 Å². The molecular formula is C12H16O2. The Labute approximate surface area is 84.6 Å². The average Bonchev–Trinajstić information content (AvgIpc) is 2.17. The summed E-state index contributed by atoms with van der Waals surface area (Å²) in [5, 5.41) is 9.17. The fraction of sp³-hybridized carbons (Fsp3) is 0.417. The SMILES string of the molecule is C[C@@H](O)C[C@H](C)C(=O)c1ccccc1. The number of carbonyl (C=O) groups is 1. The van der Waals surface area contributed by atoms with Gasteiger partial charge in [-0.1, -0.05) is 37.3 Å². The Morgan fingerprint density at radius 1 is 1.29 bits per heavy atom. The molecule has 0 unspecified atom stereocenters. The zero-order valence-electron chi connectivity index (χ0n) is 8.60. The van der Waals surface area contributed by atoms with Crippen molar-refractivity contribution >= 4 is 5.78 Å². The van der Waals surface area contributed by atoms with Crippen molar-refractivity contribution < 1.29 is 9.90 Å². The van der Waals surface area contributed by atoms with Crippen LogP contribution in [-0.2, 0) is 0 Å². The van der Waals surface area contributed by atoms with Crippen molar-refractivity contribution in [1.29, 1.82) is 0 Å². The van der Waals surface area contributed by atoms with Gasteiger partial charge in [-0.2, -0.15) is 0 Å². The maximum Gasteiger partial charge on any atom is 0.165 e. The number of benzene rings is 1. The molecule has 0 bridgehead atoms. The number of Topliss-reactive ketones (excluding diaryl/α,β-unsaturated/α-hetero) is 1. The lowest BCUT2D eigenvalue weighted by Gasteiger charge is -2.11. The molecule has 1 N–H and O–H groups in total. The van der Waals surface area contributed by atoms with Gasteiger partial charge in [0.2, 0.25) is 0 Å². The third-order valence-corrected chi connectivity index (χ3v) is 2.20. The molecule has 2 heteroatoms. The van der Waals surface area contributed by atoms with E-state index in [1.165, 1.54) is 0 Å². The molecule has 1 aromatic rings. The summed E-state index contributed by atoms with van der Waals surface area (Å²) < 4.78 is 0. The zero-order valence-corrected chi connectivity index (χ0v) is 8.60. The highest BCUT2D eigenvalue weighted by Crippen LogP contribution is 2.13. The molecule has 0 heterocycles. The normalized spacial score (nSPS) is 14.8. The summed E-state index contributed by atoms with van der Waals surface area (Å²) >= 11 is 0. The molecule has 0 aliphatic rings. The standard InChI is InChI=1S/C12H16O2/c1-9(8-10(2)13)12(14)11-6-4-3-5-7-11/h3-7,9-10,13H,8H2,1-2H3/t9-,10+/m0/s1. The summed E-state index contributed by atoms with van der Waals surface area (Å²) in [5.41, 5.74) is 0.723. The van der Waals surface area contributed by atoms with Gasteiger partial charge in [-0.15, -0.1) is 0 Å². The Hall–Kier alpha value is -1.15. The quantitative estimate of drug-likeness (QED) is 0.743. The van der Waals surface area contributed by atoms with Crippen LogP contribution in [-0.4, -0.2) is 17.0 Å². The molecule has 0 saturated heterocycles. The van der Waals surface area contributed by atoms with Gasteiger partial charge in [0.1, 0.15) is 0 Å².